The number of aryl methyl sites for hydroxylation is 2. The normalized spacial score (nSPS) is 9.98. The predicted molar refractivity (Wildman–Crippen MR) is 299 cm³/mol. The van der Waals surface area contributed by atoms with Gasteiger partial charge in [-0.05, 0) is 158 Å². The summed E-state index contributed by atoms with van der Waals surface area (Å²) in [5.41, 5.74) is 1.86. The Bertz CT molecular complexity index is 3370. The molecule has 0 aliphatic carbocycles. The maximum atomic E-state index is 12.6. The Morgan fingerprint density at radius 3 is 0.988 bits per heavy atom. The molecule has 6 aromatic carbocycles. The second kappa shape index (κ2) is 34.6. The van der Waals surface area contributed by atoms with Crippen LogP contribution in [0, 0.1) is 13.8 Å². The van der Waals surface area contributed by atoms with E-state index in [2.05, 4.69) is 35.8 Å². The van der Waals surface area contributed by atoms with Crippen molar-refractivity contribution in [1.82, 2.24) is 0 Å². The van der Waals surface area contributed by atoms with Gasteiger partial charge in [0.15, 0.2) is 0 Å². The molecule has 6 aromatic rings. The highest BCUT2D eigenvalue weighted by Crippen LogP contribution is 2.28. The van der Waals surface area contributed by atoms with E-state index in [-0.39, 0.29) is 80.9 Å². The Morgan fingerprint density at radius 2 is 0.616 bits per heavy atom. The second-order valence-corrected chi connectivity index (χ2v) is 16.5. The van der Waals surface area contributed by atoms with Gasteiger partial charge in [0.1, 0.15) is 78.2 Å². The molecule has 6 rings (SSSR count). The van der Waals surface area contributed by atoms with Crippen molar-refractivity contribution >= 4 is 54.1 Å². The molecule has 0 saturated carbocycles. The third-order valence-electron chi connectivity index (χ3n) is 10.5. The standard InChI is InChI=1S/C33H28O14.C29H26O10/c1-4-28(34)40-16-18-42-32(38)45-24-10-6-22(7-11-24)30(36)44-26-14-15-27(21(3)20-26)47-31(37)23-8-12-25(13-9-23)46-33(39)43-19-17-41-29(35)5-2;1-4-27(30)37-18-34-22-8-6-21(7-9-22)29(32)39-25-14-15-26(20(3)16-25)36-17-33-23-10-12-24(13-11-23)35-19-38-28(31)5-2/h4-15,20H,1-2,16-19H2,3H3;4-16H,1-2,17-19H2,3H3. The Balaban J connectivity index is 0.000000319. The van der Waals surface area contributed by atoms with E-state index in [1.807, 2.05) is 6.92 Å². The highest BCUT2D eigenvalue weighted by atomic mass is 16.7. The summed E-state index contributed by atoms with van der Waals surface area (Å²) < 4.78 is 76.4. The monoisotopic (exact) mass is 1180 g/mol. The lowest BCUT2D eigenvalue weighted by Crippen LogP contribution is -2.16. The number of hydrogen-bond acceptors (Lipinski definition) is 24. The summed E-state index contributed by atoms with van der Waals surface area (Å²) >= 11 is 0. The van der Waals surface area contributed by atoms with Crippen LogP contribution >= 0.6 is 0 Å². The number of carbonyl (C=O) groups is 9. The quantitative estimate of drug-likeness (QED) is 0.00839. The first-order valence-corrected chi connectivity index (χ1v) is 25.1. The largest absolute Gasteiger partial charge is 0.513 e. The smallest absolute Gasteiger partial charge is 0.459 e. The van der Waals surface area contributed by atoms with E-state index in [4.69, 9.17) is 61.6 Å². The number of rotatable bonds is 28. The molecule has 0 atom stereocenters. The van der Waals surface area contributed by atoms with E-state index < -0.39 is 54.1 Å². The molecule has 0 aromatic heterocycles. The fourth-order valence-electron chi connectivity index (χ4n) is 6.27. The molecule has 0 amide bonds. The van der Waals surface area contributed by atoms with Gasteiger partial charge >= 0.3 is 54.1 Å². The maximum Gasteiger partial charge on any atom is 0.513 e. The average Bonchev–Trinajstić information content (AvgIpc) is 3.60. The summed E-state index contributed by atoms with van der Waals surface area (Å²) in [4.78, 5) is 105. The molecule has 446 valence electrons. The minimum Gasteiger partial charge on any atom is -0.459 e. The predicted octanol–water partition coefficient (Wildman–Crippen LogP) is 9.68. The summed E-state index contributed by atoms with van der Waals surface area (Å²) in [6.07, 6.45) is 1.97. The minimum atomic E-state index is -1.03. The molecule has 24 heteroatoms. The highest BCUT2D eigenvalue weighted by molar-refractivity contribution is 5.93. The Hall–Kier alpha value is -11.7. The zero-order valence-electron chi connectivity index (χ0n) is 46.1. The van der Waals surface area contributed by atoms with E-state index in [1.165, 1.54) is 78.9 Å². The summed E-state index contributed by atoms with van der Waals surface area (Å²) in [5.74, 6) is -1.48. The second-order valence-electron chi connectivity index (χ2n) is 16.5. The fourth-order valence-corrected chi connectivity index (χ4v) is 6.27. The Morgan fingerprint density at radius 1 is 0.314 bits per heavy atom. The molecule has 0 N–H and O–H groups in total. The lowest BCUT2D eigenvalue weighted by molar-refractivity contribution is -0.145. The van der Waals surface area contributed by atoms with Gasteiger partial charge in [-0.1, -0.05) is 26.3 Å². The van der Waals surface area contributed by atoms with Gasteiger partial charge in [-0.25, -0.2) is 43.2 Å². The summed E-state index contributed by atoms with van der Waals surface area (Å²) in [6.45, 7) is 15.2. The van der Waals surface area contributed by atoms with E-state index >= 15 is 0 Å². The van der Waals surface area contributed by atoms with Crippen molar-refractivity contribution in [2.75, 3.05) is 46.8 Å². The van der Waals surface area contributed by atoms with Crippen molar-refractivity contribution in [2.45, 2.75) is 13.8 Å². The SMILES string of the molecule is C=CC(=O)OCCOC(=O)Oc1ccc(C(=O)Oc2ccc(OC(=O)c3ccc(OC(=O)OCCOC(=O)C=C)cc3)c(C)c2)cc1.C=CC(=O)OCOc1ccc(OCOc2ccc(OC(=O)c3ccc(OCOC(=O)C=C)cc3)cc2C)cc1. The first-order valence-electron chi connectivity index (χ1n) is 25.1. The van der Waals surface area contributed by atoms with Crippen molar-refractivity contribution in [3.05, 3.63) is 212 Å². The van der Waals surface area contributed by atoms with E-state index in [1.54, 1.807) is 61.5 Å². The van der Waals surface area contributed by atoms with Crippen molar-refractivity contribution < 1.29 is 114 Å². The summed E-state index contributed by atoms with van der Waals surface area (Å²) in [7, 11) is 0. The van der Waals surface area contributed by atoms with Crippen LogP contribution in [0.15, 0.2) is 184 Å². The van der Waals surface area contributed by atoms with Crippen LogP contribution in [0.5, 0.6) is 51.7 Å². The van der Waals surface area contributed by atoms with Crippen LogP contribution in [0.1, 0.15) is 42.2 Å². The van der Waals surface area contributed by atoms with Gasteiger partial charge in [-0.15, -0.1) is 0 Å². The Kier molecular flexibility index (Phi) is 26.2. The van der Waals surface area contributed by atoms with Crippen LogP contribution in [-0.4, -0.2) is 101 Å². The van der Waals surface area contributed by atoms with Crippen LogP contribution in [0.2, 0.25) is 0 Å². The lowest BCUT2D eigenvalue weighted by Gasteiger charge is -2.12. The number of carbonyl (C=O) groups excluding carboxylic acids is 9. The number of benzene rings is 6. The highest BCUT2D eigenvalue weighted by Gasteiger charge is 2.17. The van der Waals surface area contributed by atoms with Gasteiger partial charge in [0.05, 0.1) is 16.7 Å². The molecule has 0 unspecified atom stereocenters. The van der Waals surface area contributed by atoms with Crippen LogP contribution < -0.4 is 42.6 Å². The molecule has 0 spiro atoms. The molecule has 0 aliphatic rings. The van der Waals surface area contributed by atoms with E-state index in [0.717, 1.165) is 29.9 Å². The van der Waals surface area contributed by atoms with Crippen molar-refractivity contribution in [1.29, 1.82) is 0 Å². The van der Waals surface area contributed by atoms with Crippen LogP contribution in [0.25, 0.3) is 0 Å². The molecule has 0 aliphatic heterocycles. The van der Waals surface area contributed by atoms with E-state index in [9.17, 15) is 43.2 Å². The molecule has 24 nitrogen and oxygen atoms in total. The first kappa shape index (κ1) is 65.1. The van der Waals surface area contributed by atoms with Gasteiger partial charge in [-0.3, -0.25) is 0 Å². The topological polar surface area (TPSA) is 292 Å². The summed E-state index contributed by atoms with van der Waals surface area (Å²) in [5, 5.41) is 0. The molecule has 0 fully saturated rings. The molecule has 0 bridgehead atoms. The third-order valence-corrected chi connectivity index (χ3v) is 10.5. The van der Waals surface area contributed by atoms with Gasteiger partial charge in [0.25, 0.3) is 0 Å². The maximum absolute atomic E-state index is 12.6. The van der Waals surface area contributed by atoms with E-state index in [0.29, 0.717) is 39.9 Å². The molecule has 0 radical (unpaired) electrons. The van der Waals surface area contributed by atoms with Crippen LogP contribution in [-0.2, 0) is 47.6 Å². The van der Waals surface area contributed by atoms with Gasteiger partial charge in [0, 0.05) is 24.3 Å². The third kappa shape index (κ3) is 23.0. The molecular formula is C62H54O24. The minimum absolute atomic E-state index is 0.0572. The summed E-state index contributed by atoms with van der Waals surface area (Å²) in [6, 6.07) is 33.2. The van der Waals surface area contributed by atoms with Crippen molar-refractivity contribution in [3.8, 4) is 51.7 Å². The zero-order chi connectivity index (χ0) is 62.2. The molecular weight excluding hydrogens is 1130 g/mol. The zero-order valence-corrected chi connectivity index (χ0v) is 46.1. The first-order chi connectivity index (χ1) is 41.4. The lowest BCUT2D eigenvalue weighted by atomic mass is 10.2. The molecule has 0 saturated heterocycles. The van der Waals surface area contributed by atoms with Crippen LogP contribution in [0.3, 0.4) is 0 Å². The van der Waals surface area contributed by atoms with Gasteiger partial charge < -0.3 is 71.1 Å². The number of ether oxygens (including phenoxy) is 15. The van der Waals surface area contributed by atoms with Crippen molar-refractivity contribution in [2.24, 2.45) is 0 Å². The van der Waals surface area contributed by atoms with Crippen LogP contribution in [0.4, 0.5) is 9.59 Å². The number of esters is 7. The van der Waals surface area contributed by atoms with Crippen molar-refractivity contribution in [3.63, 3.8) is 0 Å². The number of hydrogen-bond donors (Lipinski definition) is 0. The molecule has 0 heterocycles. The molecule has 86 heavy (non-hydrogen) atoms. The van der Waals surface area contributed by atoms with Gasteiger partial charge in [0.2, 0.25) is 20.4 Å². The average molecular weight is 1180 g/mol. The fraction of sp³-hybridized carbons (Fsp3) is 0.145. The van der Waals surface area contributed by atoms with Gasteiger partial charge in [-0.2, -0.15) is 0 Å². The Labute approximate surface area is 491 Å².